The number of alkyl halides is 1. The Morgan fingerprint density at radius 3 is 2.47 bits per heavy atom. The second-order valence-corrected chi connectivity index (χ2v) is 4.79. The number of rotatable bonds is 3. The molecular weight excluding hydrogens is 236 g/mol. The van der Waals surface area contributed by atoms with Gasteiger partial charge in [-0.1, -0.05) is 0 Å². The lowest BCUT2D eigenvalue weighted by molar-refractivity contribution is 0.272. The average molecular weight is 255 g/mol. The van der Waals surface area contributed by atoms with Crippen molar-refractivity contribution in [3.8, 4) is 0 Å². The van der Waals surface area contributed by atoms with Gasteiger partial charge in [-0.3, -0.25) is 9.88 Å². The van der Waals surface area contributed by atoms with E-state index in [1.165, 1.54) is 0 Å². The van der Waals surface area contributed by atoms with Gasteiger partial charge in [0, 0.05) is 38.6 Å². The van der Waals surface area contributed by atoms with Crippen molar-refractivity contribution >= 4 is 17.4 Å². The molecule has 5 heteroatoms. The van der Waals surface area contributed by atoms with Gasteiger partial charge < -0.3 is 4.90 Å². The van der Waals surface area contributed by atoms with Crippen LogP contribution >= 0.6 is 11.6 Å². The molecule has 0 radical (unpaired) electrons. The topological polar surface area (TPSA) is 32.3 Å². The van der Waals surface area contributed by atoms with Crippen LogP contribution in [0, 0.1) is 13.8 Å². The minimum atomic E-state index is 0.712. The fourth-order valence-electron chi connectivity index (χ4n) is 2.00. The zero-order chi connectivity index (χ0) is 12.3. The lowest BCUT2D eigenvalue weighted by Gasteiger charge is -2.35. The molecule has 0 bridgehead atoms. The number of nitrogens with zero attached hydrogens (tertiary/aromatic N) is 4. The van der Waals surface area contributed by atoms with Crippen LogP contribution < -0.4 is 4.90 Å². The molecule has 1 aromatic rings. The lowest BCUT2D eigenvalue weighted by atomic mass is 10.3. The Kier molecular flexibility index (Phi) is 4.18. The van der Waals surface area contributed by atoms with Crippen LogP contribution in [0.4, 0.5) is 5.82 Å². The predicted molar refractivity (Wildman–Crippen MR) is 70.9 cm³/mol. The minimum Gasteiger partial charge on any atom is -0.353 e. The second kappa shape index (κ2) is 5.65. The van der Waals surface area contributed by atoms with Crippen LogP contribution in [-0.2, 0) is 0 Å². The molecule has 0 saturated carbocycles. The fraction of sp³-hybridized carbons (Fsp3) is 0.667. The fourth-order valence-corrected chi connectivity index (χ4v) is 2.24. The van der Waals surface area contributed by atoms with Crippen molar-refractivity contribution in [2.45, 2.75) is 13.8 Å². The molecule has 2 heterocycles. The Bertz CT molecular complexity index is 375. The third-order valence-corrected chi connectivity index (χ3v) is 3.45. The van der Waals surface area contributed by atoms with Crippen molar-refractivity contribution in [1.29, 1.82) is 0 Å². The van der Waals surface area contributed by atoms with Gasteiger partial charge in [-0.25, -0.2) is 4.98 Å². The molecule has 1 aromatic heterocycles. The molecular formula is C12H19ClN4. The van der Waals surface area contributed by atoms with Crippen molar-refractivity contribution in [3.63, 3.8) is 0 Å². The molecule has 2 rings (SSSR count). The van der Waals surface area contributed by atoms with E-state index in [-0.39, 0.29) is 0 Å². The number of aryl methyl sites for hydroxylation is 2. The van der Waals surface area contributed by atoms with Gasteiger partial charge in [0.25, 0.3) is 0 Å². The first-order chi connectivity index (χ1) is 8.20. The largest absolute Gasteiger partial charge is 0.353 e. The van der Waals surface area contributed by atoms with Crippen molar-refractivity contribution in [2.24, 2.45) is 0 Å². The molecule has 0 unspecified atom stereocenters. The van der Waals surface area contributed by atoms with E-state index in [0.717, 1.165) is 49.9 Å². The molecule has 94 valence electrons. The lowest BCUT2D eigenvalue weighted by Crippen LogP contribution is -2.47. The van der Waals surface area contributed by atoms with Crippen molar-refractivity contribution in [1.82, 2.24) is 14.9 Å². The maximum absolute atomic E-state index is 5.75. The first-order valence-electron chi connectivity index (χ1n) is 6.04. The van der Waals surface area contributed by atoms with E-state index in [9.17, 15) is 0 Å². The summed E-state index contributed by atoms with van der Waals surface area (Å²) in [6, 6.07) is 0. The summed E-state index contributed by atoms with van der Waals surface area (Å²) in [6.45, 7) is 9.11. The highest BCUT2D eigenvalue weighted by molar-refractivity contribution is 6.18. The zero-order valence-electron chi connectivity index (χ0n) is 10.5. The Labute approximate surface area is 108 Å². The van der Waals surface area contributed by atoms with Crippen LogP contribution in [-0.4, -0.2) is 53.5 Å². The number of halogens is 1. The Balaban J connectivity index is 1.98. The van der Waals surface area contributed by atoms with Crippen LogP contribution in [0.25, 0.3) is 0 Å². The van der Waals surface area contributed by atoms with Gasteiger partial charge in [-0.15, -0.1) is 11.6 Å². The number of hydrogen-bond acceptors (Lipinski definition) is 4. The van der Waals surface area contributed by atoms with Gasteiger partial charge in [0.15, 0.2) is 0 Å². The molecule has 1 aliphatic rings. The number of anilines is 1. The Morgan fingerprint density at radius 2 is 1.88 bits per heavy atom. The highest BCUT2D eigenvalue weighted by Crippen LogP contribution is 2.14. The molecule has 1 saturated heterocycles. The van der Waals surface area contributed by atoms with Gasteiger partial charge in [0.1, 0.15) is 5.82 Å². The van der Waals surface area contributed by atoms with Gasteiger partial charge in [0.2, 0.25) is 0 Å². The minimum absolute atomic E-state index is 0.712. The third kappa shape index (κ3) is 3.07. The molecule has 0 amide bonds. The summed E-state index contributed by atoms with van der Waals surface area (Å²) in [5.41, 5.74) is 2.03. The standard InChI is InChI=1S/C12H19ClN4/c1-10-11(2)15-12(9-14-10)17-7-5-16(4-3-13)6-8-17/h9H,3-8H2,1-2H3. The van der Waals surface area contributed by atoms with Gasteiger partial charge in [-0.2, -0.15) is 0 Å². The van der Waals surface area contributed by atoms with Crippen molar-refractivity contribution in [3.05, 3.63) is 17.6 Å². The van der Waals surface area contributed by atoms with Crippen LogP contribution in [0.15, 0.2) is 6.20 Å². The summed E-state index contributed by atoms with van der Waals surface area (Å²) >= 11 is 5.75. The van der Waals surface area contributed by atoms with E-state index >= 15 is 0 Å². The summed E-state index contributed by atoms with van der Waals surface area (Å²) in [5.74, 6) is 1.71. The zero-order valence-corrected chi connectivity index (χ0v) is 11.2. The quantitative estimate of drug-likeness (QED) is 0.765. The number of piperazine rings is 1. The van der Waals surface area contributed by atoms with Crippen LogP contribution in [0.5, 0.6) is 0 Å². The van der Waals surface area contributed by atoms with Gasteiger partial charge >= 0.3 is 0 Å². The third-order valence-electron chi connectivity index (χ3n) is 3.28. The van der Waals surface area contributed by atoms with Crippen LogP contribution in [0.2, 0.25) is 0 Å². The smallest absolute Gasteiger partial charge is 0.147 e. The molecule has 0 atom stereocenters. The average Bonchev–Trinajstić information content (AvgIpc) is 2.34. The van der Waals surface area contributed by atoms with E-state index in [2.05, 4.69) is 19.8 Å². The molecule has 0 aromatic carbocycles. The normalized spacial score (nSPS) is 17.5. The van der Waals surface area contributed by atoms with Crippen LogP contribution in [0.3, 0.4) is 0 Å². The van der Waals surface area contributed by atoms with E-state index < -0.39 is 0 Å². The number of aromatic nitrogens is 2. The molecule has 0 aliphatic carbocycles. The summed E-state index contributed by atoms with van der Waals surface area (Å²) in [7, 11) is 0. The molecule has 0 N–H and O–H groups in total. The molecule has 17 heavy (non-hydrogen) atoms. The van der Waals surface area contributed by atoms with E-state index in [1.54, 1.807) is 0 Å². The molecule has 1 aliphatic heterocycles. The first-order valence-corrected chi connectivity index (χ1v) is 6.57. The van der Waals surface area contributed by atoms with Crippen molar-refractivity contribution in [2.75, 3.05) is 43.5 Å². The Morgan fingerprint density at radius 1 is 1.18 bits per heavy atom. The monoisotopic (exact) mass is 254 g/mol. The molecule has 0 spiro atoms. The maximum atomic E-state index is 5.75. The maximum Gasteiger partial charge on any atom is 0.147 e. The highest BCUT2D eigenvalue weighted by Gasteiger charge is 2.17. The van der Waals surface area contributed by atoms with E-state index in [0.29, 0.717) is 5.88 Å². The summed E-state index contributed by atoms with van der Waals surface area (Å²) in [6.07, 6.45) is 1.87. The molecule has 1 fully saturated rings. The second-order valence-electron chi connectivity index (χ2n) is 4.42. The van der Waals surface area contributed by atoms with E-state index in [1.807, 2.05) is 20.0 Å². The summed E-state index contributed by atoms with van der Waals surface area (Å²) < 4.78 is 0. The van der Waals surface area contributed by atoms with Gasteiger partial charge in [0.05, 0.1) is 17.6 Å². The Hall–Kier alpha value is -0.870. The highest BCUT2D eigenvalue weighted by atomic mass is 35.5. The van der Waals surface area contributed by atoms with Crippen molar-refractivity contribution < 1.29 is 0 Å². The van der Waals surface area contributed by atoms with Crippen LogP contribution in [0.1, 0.15) is 11.4 Å². The van der Waals surface area contributed by atoms with E-state index in [4.69, 9.17) is 11.6 Å². The predicted octanol–water partition coefficient (Wildman–Crippen LogP) is 1.45. The molecule has 4 nitrogen and oxygen atoms in total. The number of hydrogen-bond donors (Lipinski definition) is 0. The summed E-state index contributed by atoms with van der Waals surface area (Å²) in [5, 5.41) is 0. The summed E-state index contributed by atoms with van der Waals surface area (Å²) in [4.78, 5) is 13.6. The SMILES string of the molecule is Cc1ncc(N2CCN(CCCl)CC2)nc1C. The first kappa shape index (κ1) is 12.6. The van der Waals surface area contributed by atoms with Gasteiger partial charge in [-0.05, 0) is 13.8 Å².